The molecule has 154 valence electrons. The summed E-state index contributed by atoms with van der Waals surface area (Å²) in [6.07, 6.45) is 2.35. The second-order valence-corrected chi connectivity index (χ2v) is 6.41. The van der Waals surface area contributed by atoms with Crippen molar-refractivity contribution in [3.05, 3.63) is 72.0 Å². The number of carbonyl (C=O) groups is 1. The van der Waals surface area contributed by atoms with Crippen LogP contribution < -0.4 is 5.32 Å². The average Bonchev–Trinajstić information content (AvgIpc) is 3.42. The van der Waals surface area contributed by atoms with E-state index in [2.05, 4.69) is 20.5 Å². The molecule has 0 radical (unpaired) electrons. The van der Waals surface area contributed by atoms with Crippen molar-refractivity contribution in [1.82, 2.24) is 20.0 Å². The number of hydrogen-bond donors (Lipinski definition) is 1. The molecule has 3 heterocycles. The van der Waals surface area contributed by atoms with Crippen LogP contribution in [0.1, 0.15) is 28.9 Å². The Balaban J connectivity index is 1.46. The Hall–Kier alpha value is -3.89. The summed E-state index contributed by atoms with van der Waals surface area (Å²) in [5, 5.41) is 10.5. The molecule has 4 aromatic rings. The summed E-state index contributed by atoms with van der Waals surface area (Å²) in [7, 11) is 0. The Labute approximate surface area is 167 Å². The molecular formula is C19H14F3N5O3. The SMILES string of the molecule is CC(F)(F)c1ccc(Cn2ncc(NC(=O)c3ncoc3-c3cccc(F)c3)n2)o1. The third kappa shape index (κ3) is 4.09. The summed E-state index contributed by atoms with van der Waals surface area (Å²) >= 11 is 0. The van der Waals surface area contributed by atoms with Gasteiger partial charge in [0.2, 0.25) is 0 Å². The van der Waals surface area contributed by atoms with Gasteiger partial charge in [0, 0.05) is 12.5 Å². The van der Waals surface area contributed by atoms with Crippen LogP contribution in [-0.2, 0) is 12.5 Å². The summed E-state index contributed by atoms with van der Waals surface area (Å²) in [5.41, 5.74) is 0.290. The largest absolute Gasteiger partial charge is 0.458 e. The number of anilines is 1. The molecule has 4 rings (SSSR count). The van der Waals surface area contributed by atoms with Gasteiger partial charge >= 0.3 is 5.92 Å². The fourth-order valence-electron chi connectivity index (χ4n) is 2.69. The van der Waals surface area contributed by atoms with E-state index in [0.717, 1.165) is 13.3 Å². The minimum atomic E-state index is -3.09. The van der Waals surface area contributed by atoms with E-state index in [-0.39, 0.29) is 29.6 Å². The van der Waals surface area contributed by atoms with Gasteiger partial charge < -0.3 is 14.2 Å². The molecule has 1 N–H and O–H groups in total. The molecule has 0 aliphatic carbocycles. The van der Waals surface area contributed by atoms with Crippen molar-refractivity contribution < 1.29 is 26.8 Å². The maximum absolute atomic E-state index is 13.5. The van der Waals surface area contributed by atoms with E-state index in [0.29, 0.717) is 5.56 Å². The first kappa shape index (κ1) is 19.4. The third-order valence-corrected chi connectivity index (χ3v) is 4.04. The van der Waals surface area contributed by atoms with Gasteiger partial charge in [0.1, 0.15) is 18.1 Å². The van der Waals surface area contributed by atoms with Crippen molar-refractivity contribution in [3.63, 3.8) is 0 Å². The molecule has 1 amide bonds. The van der Waals surface area contributed by atoms with Crippen molar-refractivity contribution in [2.24, 2.45) is 0 Å². The first-order chi connectivity index (χ1) is 14.3. The van der Waals surface area contributed by atoms with Gasteiger partial charge in [0.15, 0.2) is 29.4 Å². The van der Waals surface area contributed by atoms with E-state index < -0.39 is 23.4 Å². The van der Waals surface area contributed by atoms with E-state index >= 15 is 0 Å². The van der Waals surface area contributed by atoms with Gasteiger partial charge in [0.05, 0.1) is 6.20 Å². The number of furan rings is 1. The third-order valence-electron chi connectivity index (χ3n) is 4.04. The molecular weight excluding hydrogens is 403 g/mol. The molecule has 8 nitrogen and oxygen atoms in total. The molecule has 0 spiro atoms. The van der Waals surface area contributed by atoms with Crippen molar-refractivity contribution in [1.29, 1.82) is 0 Å². The van der Waals surface area contributed by atoms with Gasteiger partial charge in [-0.25, -0.2) is 9.37 Å². The Morgan fingerprint density at radius 2 is 2.10 bits per heavy atom. The molecule has 0 fully saturated rings. The molecule has 0 saturated carbocycles. The van der Waals surface area contributed by atoms with Crippen LogP contribution in [-0.4, -0.2) is 25.9 Å². The van der Waals surface area contributed by atoms with Crippen LogP contribution in [0.3, 0.4) is 0 Å². The number of nitrogens with one attached hydrogen (secondary N) is 1. The van der Waals surface area contributed by atoms with Gasteiger partial charge in [-0.15, -0.1) is 5.10 Å². The lowest BCUT2D eigenvalue weighted by molar-refractivity contribution is -0.00641. The highest BCUT2D eigenvalue weighted by atomic mass is 19.3. The lowest BCUT2D eigenvalue weighted by Gasteiger charge is -2.05. The minimum Gasteiger partial charge on any atom is -0.458 e. The standard InChI is InChI=1S/C19H14F3N5O3/c1-19(21,22)14-6-5-13(30-14)9-27-24-8-15(26-27)25-18(28)16-17(29-10-23-16)11-3-2-4-12(20)7-11/h2-8,10H,9H2,1H3,(H,25,26,28). The number of alkyl halides is 2. The molecule has 0 saturated heterocycles. The molecule has 0 atom stereocenters. The van der Waals surface area contributed by atoms with E-state index in [9.17, 15) is 18.0 Å². The molecule has 1 aromatic carbocycles. The number of aromatic nitrogens is 4. The van der Waals surface area contributed by atoms with Crippen LogP contribution in [0.2, 0.25) is 0 Å². The lowest BCUT2D eigenvalue weighted by atomic mass is 10.1. The second-order valence-electron chi connectivity index (χ2n) is 6.41. The van der Waals surface area contributed by atoms with Crippen molar-refractivity contribution in [3.8, 4) is 11.3 Å². The highest BCUT2D eigenvalue weighted by Gasteiger charge is 2.28. The Bertz CT molecular complexity index is 1190. The summed E-state index contributed by atoms with van der Waals surface area (Å²) in [6.45, 7) is 0.724. The molecule has 0 unspecified atom stereocenters. The maximum atomic E-state index is 13.5. The predicted octanol–water partition coefficient (Wildman–Crippen LogP) is 4.08. The van der Waals surface area contributed by atoms with Crippen molar-refractivity contribution >= 4 is 11.7 Å². The number of nitrogens with zero attached hydrogens (tertiary/aromatic N) is 4. The van der Waals surface area contributed by atoms with Gasteiger partial charge in [0.25, 0.3) is 5.91 Å². The Morgan fingerprint density at radius 1 is 1.27 bits per heavy atom. The van der Waals surface area contributed by atoms with Crippen LogP contribution >= 0.6 is 0 Å². The molecule has 30 heavy (non-hydrogen) atoms. The predicted molar refractivity (Wildman–Crippen MR) is 97.3 cm³/mol. The highest BCUT2D eigenvalue weighted by molar-refractivity contribution is 6.05. The number of hydrogen-bond acceptors (Lipinski definition) is 6. The molecule has 0 aliphatic heterocycles. The van der Waals surface area contributed by atoms with E-state index in [4.69, 9.17) is 8.83 Å². The number of benzene rings is 1. The summed E-state index contributed by atoms with van der Waals surface area (Å²) in [6, 6.07) is 8.12. The lowest BCUT2D eigenvalue weighted by Crippen LogP contribution is -2.14. The first-order valence-corrected chi connectivity index (χ1v) is 8.67. The zero-order valence-electron chi connectivity index (χ0n) is 15.5. The van der Waals surface area contributed by atoms with Crippen LogP contribution in [0, 0.1) is 5.82 Å². The number of oxazole rings is 1. The first-order valence-electron chi connectivity index (χ1n) is 8.67. The van der Waals surface area contributed by atoms with Gasteiger partial charge in [-0.05, 0) is 24.3 Å². The quantitative estimate of drug-likeness (QED) is 0.508. The maximum Gasteiger partial charge on any atom is 0.301 e. The van der Waals surface area contributed by atoms with Gasteiger partial charge in [-0.1, -0.05) is 12.1 Å². The summed E-state index contributed by atoms with van der Waals surface area (Å²) in [5.74, 6) is -4.25. The van der Waals surface area contributed by atoms with E-state index in [1.165, 1.54) is 41.3 Å². The Morgan fingerprint density at radius 3 is 2.83 bits per heavy atom. The van der Waals surface area contributed by atoms with Crippen molar-refractivity contribution in [2.45, 2.75) is 19.4 Å². The second kappa shape index (κ2) is 7.50. The van der Waals surface area contributed by atoms with Crippen molar-refractivity contribution in [2.75, 3.05) is 5.32 Å². The van der Waals surface area contributed by atoms with Crippen LogP contribution in [0.15, 0.2) is 57.8 Å². The van der Waals surface area contributed by atoms with E-state index in [1.807, 2.05) is 0 Å². The monoisotopic (exact) mass is 417 g/mol. The van der Waals surface area contributed by atoms with Gasteiger partial charge in [-0.2, -0.15) is 18.7 Å². The average molecular weight is 417 g/mol. The molecule has 0 aliphatic rings. The Kier molecular flexibility index (Phi) is 4.86. The smallest absolute Gasteiger partial charge is 0.301 e. The zero-order valence-corrected chi connectivity index (χ0v) is 15.5. The molecule has 3 aromatic heterocycles. The number of halogens is 3. The van der Waals surface area contributed by atoms with Gasteiger partial charge in [-0.3, -0.25) is 4.79 Å². The highest BCUT2D eigenvalue weighted by Crippen LogP contribution is 2.28. The van der Waals surface area contributed by atoms with E-state index in [1.54, 1.807) is 6.07 Å². The fraction of sp³-hybridized carbons (Fsp3) is 0.158. The topological polar surface area (TPSA) is 99.0 Å². The summed E-state index contributed by atoms with van der Waals surface area (Å²) < 4.78 is 50.3. The number of rotatable bonds is 6. The number of amides is 1. The normalized spacial score (nSPS) is 11.6. The fourth-order valence-corrected chi connectivity index (χ4v) is 2.69. The van der Waals surface area contributed by atoms with Crippen LogP contribution in [0.5, 0.6) is 0 Å². The summed E-state index contributed by atoms with van der Waals surface area (Å²) in [4.78, 5) is 17.6. The van der Waals surface area contributed by atoms with Crippen LogP contribution in [0.4, 0.5) is 19.0 Å². The minimum absolute atomic E-state index is 0.00947. The zero-order chi connectivity index (χ0) is 21.3. The molecule has 0 bridgehead atoms. The number of carbonyl (C=O) groups excluding carboxylic acids is 1. The molecule has 11 heteroatoms. The van der Waals surface area contributed by atoms with Crippen LogP contribution in [0.25, 0.3) is 11.3 Å².